The molecule has 8 nitrogen and oxygen atoms in total. The quantitative estimate of drug-likeness (QED) is 0.223. The monoisotopic (exact) mass is 588 g/mol. The molecule has 0 aliphatic heterocycles. The van der Waals surface area contributed by atoms with Crippen LogP contribution in [0.5, 0.6) is 0 Å². The smallest absolute Gasteiger partial charge is 0.251 e. The van der Waals surface area contributed by atoms with Crippen LogP contribution in [0.15, 0.2) is 66.9 Å². The molecule has 2 heterocycles. The maximum Gasteiger partial charge on any atom is 0.251 e. The Balaban J connectivity index is 1.46. The molecule has 10 heteroatoms. The average Bonchev–Trinajstić information content (AvgIpc) is 3.65. The number of aromatic nitrogens is 3. The summed E-state index contributed by atoms with van der Waals surface area (Å²) in [7, 11) is -1.47. The molecule has 42 heavy (non-hydrogen) atoms. The van der Waals surface area contributed by atoms with Gasteiger partial charge in [0, 0.05) is 52.4 Å². The van der Waals surface area contributed by atoms with E-state index in [4.69, 9.17) is 4.74 Å². The molecule has 1 saturated carbocycles. The van der Waals surface area contributed by atoms with Gasteiger partial charge in [-0.2, -0.15) is 5.10 Å². The third-order valence-electron chi connectivity index (χ3n) is 7.90. The highest BCUT2D eigenvalue weighted by Gasteiger charge is 2.35. The van der Waals surface area contributed by atoms with Gasteiger partial charge in [-0.25, -0.2) is 12.8 Å². The molecule has 0 atom stereocenters. The second-order valence-electron chi connectivity index (χ2n) is 11.6. The van der Waals surface area contributed by atoms with Crippen molar-refractivity contribution in [3.05, 3.63) is 83.9 Å². The van der Waals surface area contributed by atoms with Crippen LogP contribution in [-0.4, -0.2) is 60.4 Å². The van der Waals surface area contributed by atoms with Crippen LogP contribution >= 0.6 is 0 Å². The number of hydrogen-bond donors (Lipinski definition) is 2. The first-order valence-corrected chi connectivity index (χ1v) is 15.7. The number of aromatic amines is 1. The van der Waals surface area contributed by atoms with Gasteiger partial charge in [0.05, 0.1) is 34.8 Å². The number of benzene rings is 3. The summed E-state index contributed by atoms with van der Waals surface area (Å²) >= 11 is 0. The molecule has 1 aliphatic rings. The Morgan fingerprint density at radius 3 is 2.50 bits per heavy atom. The van der Waals surface area contributed by atoms with E-state index in [-0.39, 0.29) is 29.3 Å². The first-order chi connectivity index (χ1) is 20.1. The Hall–Kier alpha value is -4.02. The summed E-state index contributed by atoms with van der Waals surface area (Å²) in [6.07, 6.45) is 3.20. The Kier molecular flexibility index (Phi) is 7.14. The molecule has 1 fully saturated rings. The molecular weight excluding hydrogens is 555 g/mol. The van der Waals surface area contributed by atoms with Crippen LogP contribution in [-0.2, 0) is 20.0 Å². The van der Waals surface area contributed by atoms with Gasteiger partial charge in [0.1, 0.15) is 5.82 Å². The summed E-state index contributed by atoms with van der Waals surface area (Å²) in [5.74, 6) is -0.686. The molecular formula is C32H33FN4O4S. The molecule has 0 spiro atoms. The molecule has 2 N–H and O–H groups in total. The van der Waals surface area contributed by atoms with Crippen molar-refractivity contribution in [2.24, 2.45) is 0 Å². The lowest BCUT2D eigenvalue weighted by atomic mass is 9.84. The van der Waals surface area contributed by atoms with Gasteiger partial charge in [0.2, 0.25) is 0 Å². The van der Waals surface area contributed by atoms with Crippen molar-refractivity contribution in [3.63, 3.8) is 0 Å². The molecule has 0 unspecified atom stereocenters. The maximum absolute atomic E-state index is 14.0. The van der Waals surface area contributed by atoms with Crippen molar-refractivity contribution < 1.29 is 22.3 Å². The Morgan fingerprint density at radius 2 is 1.83 bits per heavy atom. The Morgan fingerprint density at radius 1 is 1.12 bits per heavy atom. The average molecular weight is 589 g/mol. The van der Waals surface area contributed by atoms with Crippen molar-refractivity contribution in [2.75, 3.05) is 26.0 Å². The lowest BCUT2D eigenvalue weighted by Crippen LogP contribution is -2.30. The van der Waals surface area contributed by atoms with Gasteiger partial charge in [-0.05, 0) is 66.9 Å². The lowest BCUT2D eigenvalue weighted by molar-refractivity contribution is 0.0956. The minimum atomic E-state index is -3.14. The zero-order valence-electron chi connectivity index (χ0n) is 23.8. The van der Waals surface area contributed by atoms with Gasteiger partial charge in [0.25, 0.3) is 5.91 Å². The van der Waals surface area contributed by atoms with Gasteiger partial charge in [0.15, 0.2) is 9.84 Å². The van der Waals surface area contributed by atoms with Crippen LogP contribution in [0.1, 0.15) is 42.7 Å². The van der Waals surface area contributed by atoms with E-state index in [9.17, 15) is 17.6 Å². The number of carbonyl (C=O) groups excluding carboxylic acids is 1. The van der Waals surface area contributed by atoms with Crippen molar-refractivity contribution >= 4 is 37.6 Å². The van der Waals surface area contributed by atoms with Crippen LogP contribution in [0, 0.1) is 5.82 Å². The van der Waals surface area contributed by atoms with Crippen molar-refractivity contribution in [1.82, 2.24) is 20.1 Å². The zero-order chi connectivity index (χ0) is 29.6. The molecule has 1 aliphatic carbocycles. The van der Waals surface area contributed by atoms with Gasteiger partial charge in [-0.1, -0.05) is 26.0 Å². The van der Waals surface area contributed by atoms with E-state index in [2.05, 4.69) is 46.1 Å². The number of methoxy groups -OCH3 is 1. The Labute approximate surface area is 243 Å². The van der Waals surface area contributed by atoms with E-state index in [1.807, 2.05) is 12.1 Å². The van der Waals surface area contributed by atoms with E-state index in [1.165, 1.54) is 12.1 Å². The minimum absolute atomic E-state index is 0.0512. The molecule has 6 rings (SSSR count). The topological polar surface area (TPSA) is 106 Å². The summed E-state index contributed by atoms with van der Waals surface area (Å²) in [6, 6.07) is 17.9. The third kappa shape index (κ3) is 5.20. The van der Waals surface area contributed by atoms with E-state index in [0.29, 0.717) is 25.0 Å². The summed E-state index contributed by atoms with van der Waals surface area (Å²) in [5, 5.41) is 11.7. The normalized spacial score (nSPS) is 14.1. The van der Waals surface area contributed by atoms with E-state index < -0.39 is 15.3 Å². The summed E-state index contributed by atoms with van der Waals surface area (Å²) < 4.78 is 46.2. The largest absolute Gasteiger partial charge is 0.384 e. The molecule has 0 radical (unpaired) electrons. The van der Waals surface area contributed by atoms with E-state index in [1.54, 1.807) is 37.6 Å². The highest BCUT2D eigenvalue weighted by Crippen LogP contribution is 2.44. The number of H-pyrrole nitrogens is 1. The summed E-state index contributed by atoms with van der Waals surface area (Å²) in [4.78, 5) is 12.9. The minimum Gasteiger partial charge on any atom is -0.384 e. The first-order valence-electron chi connectivity index (χ1n) is 14.0. The fourth-order valence-corrected chi connectivity index (χ4v) is 7.31. The van der Waals surface area contributed by atoms with Crippen LogP contribution in [0.2, 0.25) is 0 Å². The summed E-state index contributed by atoms with van der Waals surface area (Å²) in [5.41, 5.74) is 5.45. The number of hydrogen-bond acceptors (Lipinski definition) is 5. The van der Waals surface area contributed by atoms with Crippen LogP contribution in [0.25, 0.3) is 38.6 Å². The highest BCUT2D eigenvalue weighted by atomic mass is 32.2. The number of ether oxygens (including phenoxy) is 1. The molecule has 218 valence electrons. The van der Waals surface area contributed by atoms with Crippen LogP contribution < -0.4 is 5.32 Å². The van der Waals surface area contributed by atoms with Crippen LogP contribution in [0.3, 0.4) is 0 Å². The van der Waals surface area contributed by atoms with Crippen molar-refractivity contribution in [3.8, 4) is 16.8 Å². The fraction of sp³-hybridized carbons (Fsp3) is 0.312. The van der Waals surface area contributed by atoms with Gasteiger partial charge in [-0.15, -0.1) is 0 Å². The molecule has 3 aromatic carbocycles. The predicted molar refractivity (Wildman–Crippen MR) is 162 cm³/mol. The number of amides is 1. The van der Waals surface area contributed by atoms with Gasteiger partial charge in [-0.3, -0.25) is 9.89 Å². The van der Waals surface area contributed by atoms with Crippen LogP contribution in [0.4, 0.5) is 4.39 Å². The second-order valence-corrected chi connectivity index (χ2v) is 14.0. The number of nitrogens with zero attached hydrogens (tertiary/aromatic N) is 2. The van der Waals surface area contributed by atoms with E-state index in [0.717, 1.165) is 44.3 Å². The number of sulfone groups is 1. The molecule has 1 amide bonds. The maximum atomic E-state index is 14.0. The highest BCUT2D eigenvalue weighted by molar-refractivity contribution is 7.92. The molecule has 5 aromatic rings. The summed E-state index contributed by atoms with van der Waals surface area (Å²) in [6.45, 7) is 4.74. The molecule has 0 bridgehead atoms. The number of halogens is 1. The van der Waals surface area contributed by atoms with Crippen molar-refractivity contribution in [2.45, 2.75) is 37.4 Å². The van der Waals surface area contributed by atoms with Crippen molar-refractivity contribution in [1.29, 1.82) is 0 Å². The Bertz CT molecular complexity index is 1890. The van der Waals surface area contributed by atoms with Gasteiger partial charge >= 0.3 is 0 Å². The number of rotatable bonds is 10. The fourth-order valence-electron chi connectivity index (χ4n) is 5.74. The number of carbonyl (C=O) groups is 1. The lowest BCUT2D eigenvalue weighted by Gasteiger charge is -2.28. The van der Waals surface area contributed by atoms with E-state index >= 15 is 0 Å². The number of nitrogens with one attached hydrogen (secondary N) is 2. The number of fused-ring (bicyclic) bond motifs is 2. The SMILES string of the molecule is COCC(C)(C)c1c(-c2ccc(C(=O)NCCS(=O)(=O)C3CC3)cc2)c2cc3[nH]ncc3cc2n1-c1ccc(F)cc1. The standard InChI is InChI=1S/C32H33FN4O4S/c1-32(2,19-41-3)30-29(20-4-6-21(7-5-20)31(38)34-14-15-42(39,40)25-12-13-25)26-17-27-22(18-35-36-27)16-28(26)37(30)24-10-8-23(33)9-11-24/h4-11,16-18,25H,12-15,19H2,1-3H3,(H,34,38)(H,35,36). The third-order valence-corrected chi connectivity index (χ3v) is 10.2. The van der Waals surface area contributed by atoms with Gasteiger partial charge < -0.3 is 14.6 Å². The second kappa shape index (κ2) is 10.7. The zero-order valence-corrected chi connectivity index (χ0v) is 24.6. The predicted octanol–water partition coefficient (Wildman–Crippen LogP) is 5.54. The molecule has 0 saturated heterocycles. The first kappa shape index (κ1) is 28.1. The molecule has 2 aromatic heterocycles.